The number of quaternary nitrogens is 1. The van der Waals surface area contributed by atoms with E-state index >= 15 is 0 Å². The molecule has 0 saturated carbocycles. The number of carbonyl (C=O) groups excluding carboxylic acids is 2. The molecule has 9 heteroatoms. The van der Waals surface area contributed by atoms with Crippen molar-refractivity contribution < 1.29 is 42.9 Å². The Hall–Kier alpha value is -4.57. The largest absolute Gasteiger partial charge is 0.477 e. The molecule has 0 aliphatic carbocycles. The minimum absolute atomic E-state index is 0.177. The van der Waals surface area contributed by atoms with E-state index in [9.17, 15) is 19.5 Å². The highest BCUT2D eigenvalue weighted by atomic mass is 16.7. The van der Waals surface area contributed by atoms with Crippen LogP contribution in [0, 0.1) is 0 Å². The minimum Gasteiger partial charge on any atom is -0.477 e. The third-order valence-corrected chi connectivity index (χ3v) is 13.4. The summed E-state index contributed by atoms with van der Waals surface area (Å²) in [7, 11) is 5.96. The number of allylic oxidation sites excluding steroid dienone is 22. The van der Waals surface area contributed by atoms with Gasteiger partial charge in [-0.2, -0.15) is 0 Å². The van der Waals surface area contributed by atoms with E-state index in [0.29, 0.717) is 17.4 Å². The number of nitrogens with zero attached hydrogens (tertiary/aromatic N) is 1. The van der Waals surface area contributed by atoms with Crippen LogP contribution in [0.1, 0.15) is 245 Å². The predicted molar refractivity (Wildman–Crippen MR) is 345 cm³/mol. The number of rotatable bonds is 58. The monoisotopic (exact) mass is 1130 g/mol. The highest BCUT2D eigenvalue weighted by molar-refractivity contribution is 5.71. The summed E-state index contributed by atoms with van der Waals surface area (Å²) in [6.07, 6.45) is 85.3. The Morgan fingerprint density at radius 1 is 0.383 bits per heavy atom. The van der Waals surface area contributed by atoms with Crippen LogP contribution in [0.25, 0.3) is 0 Å². The van der Waals surface area contributed by atoms with Crippen LogP contribution in [-0.2, 0) is 33.3 Å². The van der Waals surface area contributed by atoms with Gasteiger partial charge in [0, 0.05) is 12.8 Å². The van der Waals surface area contributed by atoms with Gasteiger partial charge in [0.1, 0.15) is 13.2 Å². The molecule has 0 bridgehead atoms. The lowest BCUT2D eigenvalue weighted by molar-refractivity contribution is -0.870. The molecule has 1 N–H and O–H groups in total. The van der Waals surface area contributed by atoms with Crippen molar-refractivity contribution >= 4 is 17.9 Å². The molecule has 0 aromatic rings. The molecular formula is C72H120NO8+. The fraction of sp³-hybridized carbons (Fsp3) is 0.653. The molecule has 9 nitrogen and oxygen atoms in total. The molecule has 0 spiro atoms. The maximum atomic E-state index is 12.9. The van der Waals surface area contributed by atoms with Gasteiger partial charge in [-0.25, -0.2) is 4.79 Å². The Kier molecular flexibility index (Phi) is 58.0. The van der Waals surface area contributed by atoms with E-state index in [1.165, 1.54) is 89.9 Å². The zero-order chi connectivity index (χ0) is 59.1. The average molecular weight is 1130 g/mol. The molecule has 2 unspecified atom stereocenters. The summed E-state index contributed by atoms with van der Waals surface area (Å²) in [6.45, 7) is 4.73. The number of esters is 2. The molecule has 81 heavy (non-hydrogen) atoms. The number of unbranched alkanes of at least 4 members (excludes halogenated alkanes) is 21. The van der Waals surface area contributed by atoms with E-state index in [1.807, 2.05) is 21.1 Å². The lowest BCUT2D eigenvalue weighted by atomic mass is 10.1. The fourth-order valence-corrected chi connectivity index (χ4v) is 8.45. The van der Waals surface area contributed by atoms with E-state index in [2.05, 4.69) is 148 Å². The Morgan fingerprint density at radius 3 is 1.05 bits per heavy atom. The third-order valence-electron chi connectivity index (χ3n) is 13.4. The van der Waals surface area contributed by atoms with Gasteiger partial charge >= 0.3 is 17.9 Å². The zero-order valence-corrected chi connectivity index (χ0v) is 52.4. The molecule has 0 saturated heterocycles. The summed E-state index contributed by atoms with van der Waals surface area (Å²) < 4.78 is 22.9. The lowest BCUT2D eigenvalue weighted by Gasteiger charge is -2.25. The number of hydrogen-bond acceptors (Lipinski definition) is 7. The van der Waals surface area contributed by atoms with Crippen LogP contribution >= 0.6 is 0 Å². The van der Waals surface area contributed by atoms with E-state index in [-0.39, 0.29) is 38.6 Å². The van der Waals surface area contributed by atoms with Gasteiger partial charge in [0.05, 0.1) is 34.4 Å². The van der Waals surface area contributed by atoms with Crippen LogP contribution in [0.5, 0.6) is 0 Å². The normalized spacial score (nSPS) is 13.6. The first-order valence-corrected chi connectivity index (χ1v) is 32.3. The van der Waals surface area contributed by atoms with Crippen LogP contribution in [0.15, 0.2) is 134 Å². The molecule has 0 rings (SSSR count). The summed E-state index contributed by atoms with van der Waals surface area (Å²) >= 11 is 0. The van der Waals surface area contributed by atoms with Crippen molar-refractivity contribution in [1.29, 1.82) is 0 Å². The smallest absolute Gasteiger partial charge is 0.361 e. The first-order valence-electron chi connectivity index (χ1n) is 32.3. The van der Waals surface area contributed by atoms with Crippen molar-refractivity contribution in [3.8, 4) is 0 Å². The van der Waals surface area contributed by atoms with E-state index in [0.717, 1.165) is 122 Å². The predicted octanol–water partition coefficient (Wildman–Crippen LogP) is 19.8. The molecule has 0 aromatic heterocycles. The average Bonchev–Trinajstić information content (AvgIpc) is 3.44. The molecule has 0 aliphatic heterocycles. The second kappa shape index (κ2) is 61.5. The molecular weight excluding hydrogens is 1010 g/mol. The molecule has 2 atom stereocenters. The van der Waals surface area contributed by atoms with Gasteiger partial charge in [-0.3, -0.25) is 9.59 Å². The van der Waals surface area contributed by atoms with Gasteiger partial charge in [-0.15, -0.1) is 0 Å². The van der Waals surface area contributed by atoms with Crippen LogP contribution in [0.3, 0.4) is 0 Å². The molecule has 0 aliphatic rings. The number of carboxylic acid groups (broad SMARTS) is 1. The maximum absolute atomic E-state index is 12.9. The van der Waals surface area contributed by atoms with Crippen molar-refractivity contribution in [2.24, 2.45) is 0 Å². The molecule has 0 amide bonds. The number of ether oxygens (including phenoxy) is 4. The summed E-state index contributed by atoms with van der Waals surface area (Å²) in [5.41, 5.74) is 0. The maximum Gasteiger partial charge on any atom is 0.361 e. The fourth-order valence-electron chi connectivity index (χ4n) is 8.45. The van der Waals surface area contributed by atoms with E-state index in [1.54, 1.807) is 0 Å². The number of carboxylic acids is 1. The van der Waals surface area contributed by atoms with Crippen molar-refractivity contribution in [1.82, 2.24) is 0 Å². The Labute approximate surface area is 497 Å². The Morgan fingerprint density at radius 2 is 0.704 bits per heavy atom. The number of aliphatic carboxylic acids is 1. The van der Waals surface area contributed by atoms with Crippen LogP contribution < -0.4 is 0 Å². The topological polar surface area (TPSA) is 108 Å². The lowest BCUT2D eigenvalue weighted by Crippen LogP contribution is -2.40. The van der Waals surface area contributed by atoms with Gasteiger partial charge in [-0.05, 0) is 116 Å². The standard InChI is InChI=1S/C72H119NO8/c1-6-8-10-12-14-16-18-20-22-24-26-28-30-31-32-33-34-35-36-37-38-39-41-43-45-47-49-51-53-55-57-59-61-63-70(75)81-68(67-80-72(71(76)77)78-65-64-73(3,4)5)66-79-69(74)62-60-58-56-54-52-50-48-46-44-42-40-29-27-25-23-21-19-17-15-13-11-9-7-2/h8,10,14,16,19-22,25-28,31-32,34-35,37-38,40-43,68,72H,6-7,9,11-13,15,17-18,23-24,29-30,33,36,39,44-67H2,1-5H3/p+1/b10-8-,16-14-,21-19-,22-20-,27-25-,28-26-,32-31-,35-34-,38-37-,42-40-,43-41-. The molecule has 0 radical (unpaired) electrons. The third kappa shape index (κ3) is 62.9. The number of likely N-dealkylation sites (N-methyl/N-ethyl adjacent to an activating group) is 1. The van der Waals surface area contributed by atoms with Crippen LogP contribution in [0.2, 0.25) is 0 Å². The van der Waals surface area contributed by atoms with Crippen molar-refractivity contribution in [2.45, 2.75) is 257 Å². The highest BCUT2D eigenvalue weighted by Gasteiger charge is 2.25. The summed E-state index contributed by atoms with van der Waals surface area (Å²) in [5, 5.41) is 9.73. The molecule has 0 heterocycles. The van der Waals surface area contributed by atoms with Gasteiger partial charge in [0.25, 0.3) is 6.29 Å². The van der Waals surface area contributed by atoms with Crippen LogP contribution in [-0.4, -0.2) is 87.4 Å². The summed E-state index contributed by atoms with van der Waals surface area (Å²) in [6, 6.07) is 0. The quantitative estimate of drug-likeness (QED) is 0.0211. The van der Waals surface area contributed by atoms with Crippen LogP contribution in [0.4, 0.5) is 0 Å². The van der Waals surface area contributed by atoms with Crippen molar-refractivity contribution in [2.75, 3.05) is 47.5 Å². The zero-order valence-electron chi connectivity index (χ0n) is 52.4. The first kappa shape index (κ1) is 76.4. The highest BCUT2D eigenvalue weighted by Crippen LogP contribution is 2.15. The Bertz CT molecular complexity index is 1790. The minimum atomic E-state index is -1.52. The van der Waals surface area contributed by atoms with Gasteiger partial charge < -0.3 is 28.5 Å². The summed E-state index contributed by atoms with van der Waals surface area (Å²) in [4.78, 5) is 37.5. The second-order valence-corrected chi connectivity index (χ2v) is 22.3. The van der Waals surface area contributed by atoms with Crippen molar-refractivity contribution in [3.63, 3.8) is 0 Å². The van der Waals surface area contributed by atoms with Gasteiger partial charge in [0.15, 0.2) is 6.10 Å². The summed E-state index contributed by atoms with van der Waals surface area (Å²) in [5.74, 6) is -2.04. The molecule has 0 fully saturated rings. The Balaban J connectivity index is 4.26. The van der Waals surface area contributed by atoms with Gasteiger partial charge in [0.2, 0.25) is 0 Å². The number of hydrogen-bond donors (Lipinski definition) is 1. The van der Waals surface area contributed by atoms with E-state index < -0.39 is 24.3 Å². The first-order chi connectivity index (χ1) is 39.6. The van der Waals surface area contributed by atoms with Gasteiger partial charge in [-0.1, -0.05) is 250 Å². The molecule has 460 valence electrons. The SMILES string of the molecule is CC/C=C\C/C=C\C/C=C\C/C=C\C/C=C\C/C=C\C/C=C\C/C=C\CCCCCCCCCCC(=O)OC(COC(=O)CCCCCCCCCC/C=C\C/C=C\C/C=C\CCCCCCC)COC(OCC[N+](C)(C)C)C(=O)O. The van der Waals surface area contributed by atoms with E-state index in [4.69, 9.17) is 18.9 Å². The second-order valence-electron chi connectivity index (χ2n) is 22.3. The van der Waals surface area contributed by atoms with Crippen molar-refractivity contribution in [3.05, 3.63) is 134 Å². The number of carbonyl (C=O) groups is 3. The molecule has 0 aromatic carbocycles.